The third-order valence-electron chi connectivity index (χ3n) is 2.89. The van der Waals surface area contributed by atoms with Crippen molar-refractivity contribution in [2.24, 2.45) is 0 Å². The van der Waals surface area contributed by atoms with Crippen LogP contribution in [0.25, 0.3) is 11.1 Å². The number of anilines is 1. The third kappa shape index (κ3) is 1.78. The molecular weight excluding hydrogens is 201 g/mol. The number of hydrogen-bond acceptors (Lipinski definition) is 1. The molecule has 82 valence electrons. The Morgan fingerprint density at radius 1 is 1.06 bits per heavy atom. The van der Waals surface area contributed by atoms with E-state index in [9.17, 15) is 4.39 Å². The highest BCUT2D eigenvalue weighted by Crippen LogP contribution is 2.28. The van der Waals surface area contributed by atoms with E-state index >= 15 is 0 Å². The van der Waals surface area contributed by atoms with Crippen LogP contribution in [0.3, 0.4) is 0 Å². The summed E-state index contributed by atoms with van der Waals surface area (Å²) in [6.45, 7) is 3.95. The average molecular weight is 215 g/mol. The molecular formula is C14H14FN. The highest BCUT2D eigenvalue weighted by Gasteiger charge is 2.07. The van der Waals surface area contributed by atoms with E-state index in [1.165, 1.54) is 6.07 Å². The molecule has 16 heavy (non-hydrogen) atoms. The number of hydrogen-bond donors (Lipinski definition) is 1. The SMILES string of the molecule is Cc1cc(-c2ccccc2F)cc(N)c1C. The molecule has 0 aliphatic heterocycles. The second-order valence-corrected chi connectivity index (χ2v) is 3.99. The fourth-order valence-corrected chi connectivity index (χ4v) is 1.74. The van der Waals surface area contributed by atoms with Crippen LogP contribution < -0.4 is 5.73 Å². The molecule has 0 fully saturated rings. The zero-order valence-corrected chi connectivity index (χ0v) is 9.42. The molecule has 2 rings (SSSR count). The smallest absolute Gasteiger partial charge is 0.131 e. The maximum Gasteiger partial charge on any atom is 0.131 e. The molecule has 0 spiro atoms. The van der Waals surface area contributed by atoms with E-state index in [-0.39, 0.29) is 5.82 Å². The lowest BCUT2D eigenvalue weighted by atomic mass is 9.99. The molecule has 0 aliphatic carbocycles. The van der Waals surface area contributed by atoms with Gasteiger partial charge in [0.25, 0.3) is 0 Å². The van der Waals surface area contributed by atoms with Crippen LogP contribution in [-0.2, 0) is 0 Å². The highest BCUT2D eigenvalue weighted by molar-refractivity contribution is 5.70. The van der Waals surface area contributed by atoms with Crippen LogP contribution in [0.4, 0.5) is 10.1 Å². The molecule has 0 bridgehead atoms. The summed E-state index contributed by atoms with van der Waals surface area (Å²) < 4.78 is 13.6. The summed E-state index contributed by atoms with van der Waals surface area (Å²) in [7, 11) is 0. The predicted octanol–water partition coefficient (Wildman–Crippen LogP) is 3.69. The van der Waals surface area contributed by atoms with Crippen molar-refractivity contribution < 1.29 is 4.39 Å². The van der Waals surface area contributed by atoms with Gasteiger partial charge in [-0.2, -0.15) is 0 Å². The molecule has 0 aliphatic rings. The lowest BCUT2D eigenvalue weighted by molar-refractivity contribution is 0.631. The quantitative estimate of drug-likeness (QED) is 0.721. The molecule has 0 unspecified atom stereocenters. The number of nitrogen functional groups attached to an aromatic ring is 1. The van der Waals surface area contributed by atoms with Crippen molar-refractivity contribution in [2.75, 3.05) is 5.73 Å². The van der Waals surface area contributed by atoms with Crippen molar-refractivity contribution in [1.82, 2.24) is 0 Å². The first kappa shape index (κ1) is 10.7. The molecule has 0 heterocycles. The Kier molecular flexibility index (Phi) is 2.65. The van der Waals surface area contributed by atoms with E-state index in [1.807, 2.05) is 32.0 Å². The van der Waals surface area contributed by atoms with E-state index in [0.29, 0.717) is 11.3 Å². The summed E-state index contributed by atoms with van der Waals surface area (Å²) in [5.74, 6) is -0.217. The Balaban J connectivity index is 2.62. The first-order valence-corrected chi connectivity index (χ1v) is 5.21. The van der Waals surface area contributed by atoms with Crippen LogP contribution in [0, 0.1) is 19.7 Å². The van der Waals surface area contributed by atoms with Gasteiger partial charge < -0.3 is 5.73 Å². The monoisotopic (exact) mass is 215 g/mol. The maximum atomic E-state index is 13.6. The molecule has 0 radical (unpaired) electrons. The predicted molar refractivity (Wildman–Crippen MR) is 65.7 cm³/mol. The topological polar surface area (TPSA) is 26.0 Å². The number of nitrogens with two attached hydrogens (primary N) is 1. The van der Waals surface area contributed by atoms with Gasteiger partial charge in [0.1, 0.15) is 5.82 Å². The third-order valence-corrected chi connectivity index (χ3v) is 2.89. The molecule has 0 amide bonds. The minimum absolute atomic E-state index is 0.217. The van der Waals surface area contributed by atoms with Crippen LogP contribution in [0.2, 0.25) is 0 Å². The van der Waals surface area contributed by atoms with Gasteiger partial charge in [-0.25, -0.2) is 4.39 Å². The lowest BCUT2D eigenvalue weighted by Crippen LogP contribution is -1.94. The Morgan fingerprint density at radius 2 is 1.75 bits per heavy atom. The summed E-state index contributed by atoms with van der Waals surface area (Å²) in [6.07, 6.45) is 0. The Morgan fingerprint density at radius 3 is 2.38 bits per heavy atom. The minimum atomic E-state index is -0.217. The maximum absolute atomic E-state index is 13.6. The molecule has 1 nitrogen and oxygen atoms in total. The summed E-state index contributed by atoms with van der Waals surface area (Å²) in [4.78, 5) is 0. The molecule has 2 aromatic carbocycles. The zero-order valence-electron chi connectivity index (χ0n) is 9.42. The van der Waals surface area contributed by atoms with Crippen molar-refractivity contribution in [1.29, 1.82) is 0 Å². The fraction of sp³-hybridized carbons (Fsp3) is 0.143. The summed E-state index contributed by atoms with van der Waals surface area (Å²) >= 11 is 0. The molecule has 2 N–H and O–H groups in total. The van der Waals surface area contributed by atoms with E-state index in [4.69, 9.17) is 5.73 Å². The van der Waals surface area contributed by atoms with Crippen molar-refractivity contribution in [3.8, 4) is 11.1 Å². The Labute approximate surface area is 94.7 Å². The summed E-state index contributed by atoms with van der Waals surface area (Å²) in [6, 6.07) is 10.5. The lowest BCUT2D eigenvalue weighted by Gasteiger charge is -2.09. The standard InChI is InChI=1S/C14H14FN/c1-9-7-11(8-14(16)10(9)2)12-5-3-4-6-13(12)15/h3-8H,16H2,1-2H3. The minimum Gasteiger partial charge on any atom is -0.398 e. The van der Waals surface area contributed by atoms with Crippen LogP contribution in [0.5, 0.6) is 0 Å². The normalized spacial score (nSPS) is 10.4. The van der Waals surface area contributed by atoms with Crippen LogP contribution in [0.1, 0.15) is 11.1 Å². The van der Waals surface area contributed by atoms with Crippen molar-refractivity contribution in [3.05, 3.63) is 53.3 Å². The van der Waals surface area contributed by atoms with Gasteiger partial charge in [-0.1, -0.05) is 24.3 Å². The largest absolute Gasteiger partial charge is 0.398 e. The second-order valence-electron chi connectivity index (χ2n) is 3.99. The van der Waals surface area contributed by atoms with Gasteiger partial charge in [0, 0.05) is 11.3 Å². The van der Waals surface area contributed by atoms with Gasteiger partial charge in [0.2, 0.25) is 0 Å². The van der Waals surface area contributed by atoms with Gasteiger partial charge in [0.05, 0.1) is 0 Å². The van der Waals surface area contributed by atoms with E-state index < -0.39 is 0 Å². The second kappa shape index (κ2) is 3.97. The number of halogens is 1. The number of rotatable bonds is 1. The Bertz CT molecular complexity index is 509. The van der Waals surface area contributed by atoms with Gasteiger partial charge in [-0.3, -0.25) is 0 Å². The van der Waals surface area contributed by atoms with Crippen LogP contribution >= 0.6 is 0 Å². The van der Waals surface area contributed by atoms with Crippen LogP contribution in [-0.4, -0.2) is 0 Å². The molecule has 0 atom stereocenters. The Hall–Kier alpha value is -1.83. The first-order chi connectivity index (χ1) is 7.59. The highest BCUT2D eigenvalue weighted by atomic mass is 19.1. The molecule has 0 saturated carbocycles. The van der Waals surface area contributed by atoms with Crippen LogP contribution in [0.15, 0.2) is 36.4 Å². The first-order valence-electron chi connectivity index (χ1n) is 5.21. The van der Waals surface area contributed by atoms with E-state index in [0.717, 1.165) is 16.7 Å². The van der Waals surface area contributed by atoms with Crippen molar-refractivity contribution in [2.45, 2.75) is 13.8 Å². The summed E-state index contributed by atoms with van der Waals surface area (Å²) in [5.41, 5.74) is 10.2. The molecule has 0 saturated heterocycles. The summed E-state index contributed by atoms with van der Waals surface area (Å²) in [5, 5.41) is 0. The fourth-order valence-electron chi connectivity index (χ4n) is 1.74. The number of benzene rings is 2. The van der Waals surface area contributed by atoms with Crippen molar-refractivity contribution >= 4 is 5.69 Å². The molecule has 0 aromatic heterocycles. The number of aryl methyl sites for hydroxylation is 1. The molecule has 2 heteroatoms. The zero-order chi connectivity index (χ0) is 11.7. The molecule has 2 aromatic rings. The van der Waals surface area contributed by atoms with Gasteiger partial charge in [-0.15, -0.1) is 0 Å². The van der Waals surface area contributed by atoms with Gasteiger partial charge in [-0.05, 0) is 42.7 Å². The van der Waals surface area contributed by atoms with Gasteiger partial charge in [0.15, 0.2) is 0 Å². The van der Waals surface area contributed by atoms with Crippen molar-refractivity contribution in [3.63, 3.8) is 0 Å². The van der Waals surface area contributed by atoms with E-state index in [1.54, 1.807) is 12.1 Å². The van der Waals surface area contributed by atoms with E-state index in [2.05, 4.69) is 0 Å². The van der Waals surface area contributed by atoms with Gasteiger partial charge >= 0.3 is 0 Å². The average Bonchev–Trinajstić information content (AvgIpc) is 2.26.